The van der Waals surface area contributed by atoms with Gasteiger partial charge < -0.3 is 15.4 Å². The molecule has 0 radical (unpaired) electrons. The molecule has 0 bridgehead atoms. The molecule has 0 aliphatic heterocycles. The molecule has 3 aromatic carbocycles. The van der Waals surface area contributed by atoms with Crippen LogP contribution in [0.25, 0.3) is 11.3 Å². The minimum Gasteiger partial charge on any atom is -0.457 e. The van der Waals surface area contributed by atoms with Crippen molar-refractivity contribution in [3.05, 3.63) is 132 Å². The molecule has 5 aromatic rings. The summed E-state index contributed by atoms with van der Waals surface area (Å²) in [4.78, 5) is 42.6. The minimum atomic E-state index is -0.524. The smallest absolute Gasteiger partial charge is 0.338 e. The minimum absolute atomic E-state index is 0.137. The lowest BCUT2D eigenvalue weighted by molar-refractivity contribution is 0.0472. The molecule has 0 aliphatic rings. The van der Waals surface area contributed by atoms with Crippen molar-refractivity contribution in [1.29, 1.82) is 0 Å². The molecular weight excluding hydrogens is 494 g/mol. The van der Waals surface area contributed by atoms with Crippen molar-refractivity contribution >= 4 is 29.2 Å². The van der Waals surface area contributed by atoms with Crippen LogP contribution in [0.4, 0.5) is 11.4 Å². The molecule has 5 rings (SSSR count). The van der Waals surface area contributed by atoms with Crippen LogP contribution in [0.1, 0.15) is 36.8 Å². The lowest BCUT2D eigenvalue weighted by Gasteiger charge is -2.10. The fourth-order valence-corrected chi connectivity index (χ4v) is 3.78. The normalized spacial score (nSPS) is 10.5. The van der Waals surface area contributed by atoms with Crippen molar-refractivity contribution in [2.24, 2.45) is 0 Å². The first kappa shape index (κ1) is 25.1. The SMILES string of the molecule is O=C(Nc1cccc(NC(=O)c2cccc(-c3cn[nH]c3)n2)c1)c1cccc(C(=O)OCc2ccccc2)c1. The highest BCUT2D eigenvalue weighted by atomic mass is 16.5. The maximum atomic E-state index is 12.9. The Kier molecular flexibility index (Phi) is 7.50. The fraction of sp³-hybridized carbons (Fsp3) is 0.0333. The van der Waals surface area contributed by atoms with Crippen LogP contribution < -0.4 is 10.6 Å². The molecule has 0 unspecified atom stereocenters. The molecule has 9 heteroatoms. The summed E-state index contributed by atoms with van der Waals surface area (Å²) in [5, 5.41) is 12.2. The van der Waals surface area contributed by atoms with E-state index in [4.69, 9.17) is 4.74 Å². The zero-order chi connectivity index (χ0) is 27.0. The molecular formula is C30H23N5O4. The molecule has 0 aliphatic carbocycles. The Hall–Kier alpha value is -5.57. The molecule has 192 valence electrons. The third kappa shape index (κ3) is 6.41. The van der Waals surface area contributed by atoms with Gasteiger partial charge in [0.25, 0.3) is 11.8 Å². The number of rotatable bonds is 8. The summed E-state index contributed by atoms with van der Waals surface area (Å²) in [6.07, 6.45) is 3.32. The van der Waals surface area contributed by atoms with Gasteiger partial charge in [-0.15, -0.1) is 0 Å². The van der Waals surface area contributed by atoms with Gasteiger partial charge in [-0.3, -0.25) is 14.7 Å². The summed E-state index contributed by atoms with van der Waals surface area (Å²) in [5.74, 6) is -1.33. The van der Waals surface area contributed by atoms with Crippen molar-refractivity contribution in [2.45, 2.75) is 6.61 Å². The van der Waals surface area contributed by atoms with Crippen LogP contribution in [0.15, 0.2) is 109 Å². The number of carbonyl (C=O) groups is 3. The lowest BCUT2D eigenvalue weighted by Crippen LogP contribution is -2.15. The number of aromatic nitrogens is 3. The Bertz CT molecular complexity index is 1620. The fourth-order valence-electron chi connectivity index (χ4n) is 3.78. The number of anilines is 2. The van der Waals surface area contributed by atoms with Crippen LogP contribution in [0.2, 0.25) is 0 Å². The van der Waals surface area contributed by atoms with Crippen molar-refractivity contribution in [2.75, 3.05) is 10.6 Å². The Labute approximate surface area is 223 Å². The molecule has 0 fully saturated rings. The van der Waals surface area contributed by atoms with Crippen LogP contribution in [0.3, 0.4) is 0 Å². The van der Waals surface area contributed by atoms with Crippen molar-refractivity contribution in [3.8, 4) is 11.3 Å². The van der Waals surface area contributed by atoms with Gasteiger partial charge in [0.2, 0.25) is 0 Å². The van der Waals surface area contributed by atoms with Crippen molar-refractivity contribution < 1.29 is 19.1 Å². The zero-order valence-corrected chi connectivity index (χ0v) is 20.6. The van der Waals surface area contributed by atoms with E-state index in [1.165, 1.54) is 6.07 Å². The van der Waals surface area contributed by atoms with Gasteiger partial charge >= 0.3 is 5.97 Å². The average Bonchev–Trinajstić information content (AvgIpc) is 3.52. The number of nitrogens with one attached hydrogen (secondary N) is 3. The average molecular weight is 518 g/mol. The summed E-state index contributed by atoms with van der Waals surface area (Å²) >= 11 is 0. The Morgan fingerprint density at radius 1 is 0.744 bits per heavy atom. The van der Waals surface area contributed by atoms with Gasteiger partial charge in [-0.25, -0.2) is 9.78 Å². The summed E-state index contributed by atoms with van der Waals surface area (Å²) in [6, 6.07) is 27.5. The van der Waals surface area contributed by atoms with E-state index in [1.807, 2.05) is 30.3 Å². The number of aromatic amines is 1. The molecule has 2 heterocycles. The van der Waals surface area contributed by atoms with Gasteiger partial charge in [-0.2, -0.15) is 5.10 Å². The summed E-state index contributed by atoms with van der Waals surface area (Å²) in [5.41, 5.74) is 3.99. The van der Waals surface area contributed by atoms with E-state index in [0.29, 0.717) is 22.6 Å². The molecule has 0 saturated heterocycles. The van der Waals surface area contributed by atoms with E-state index in [9.17, 15) is 14.4 Å². The highest BCUT2D eigenvalue weighted by molar-refractivity contribution is 6.07. The number of hydrogen-bond acceptors (Lipinski definition) is 6. The number of amides is 2. The second-order valence-corrected chi connectivity index (χ2v) is 8.53. The third-order valence-electron chi connectivity index (χ3n) is 5.73. The second kappa shape index (κ2) is 11.7. The Balaban J connectivity index is 1.22. The van der Waals surface area contributed by atoms with E-state index in [-0.39, 0.29) is 17.9 Å². The highest BCUT2D eigenvalue weighted by Crippen LogP contribution is 2.19. The number of nitrogens with zero attached hydrogens (tertiary/aromatic N) is 2. The third-order valence-corrected chi connectivity index (χ3v) is 5.73. The second-order valence-electron chi connectivity index (χ2n) is 8.53. The molecule has 3 N–H and O–H groups in total. The molecule has 0 spiro atoms. The maximum Gasteiger partial charge on any atom is 0.338 e. The van der Waals surface area contributed by atoms with Crippen LogP contribution in [0.5, 0.6) is 0 Å². The van der Waals surface area contributed by atoms with E-state index in [2.05, 4.69) is 25.8 Å². The standard InChI is InChI=1S/C30H23N5O4/c36-28(21-9-4-10-22(15-21)30(38)39-19-20-7-2-1-3-8-20)33-24-11-5-12-25(16-24)34-29(37)27-14-6-13-26(35-27)23-17-31-32-18-23/h1-18H,19H2,(H,31,32)(H,33,36)(H,34,37). The number of pyridine rings is 1. The Morgan fingerprint density at radius 2 is 1.46 bits per heavy atom. The summed E-state index contributed by atoms with van der Waals surface area (Å²) in [7, 11) is 0. The number of benzene rings is 3. The van der Waals surface area contributed by atoms with Crippen LogP contribution >= 0.6 is 0 Å². The molecule has 2 aromatic heterocycles. The van der Waals surface area contributed by atoms with E-state index >= 15 is 0 Å². The van der Waals surface area contributed by atoms with Crippen LogP contribution in [-0.2, 0) is 11.3 Å². The van der Waals surface area contributed by atoms with Crippen molar-refractivity contribution in [1.82, 2.24) is 15.2 Å². The van der Waals surface area contributed by atoms with Gasteiger partial charge in [-0.05, 0) is 54.1 Å². The predicted molar refractivity (Wildman–Crippen MR) is 146 cm³/mol. The van der Waals surface area contributed by atoms with Crippen molar-refractivity contribution in [3.63, 3.8) is 0 Å². The number of H-pyrrole nitrogens is 1. The van der Waals surface area contributed by atoms with Gasteiger partial charge in [0.05, 0.1) is 17.5 Å². The number of hydrogen-bond donors (Lipinski definition) is 3. The number of carbonyl (C=O) groups excluding carboxylic acids is 3. The first-order valence-corrected chi connectivity index (χ1v) is 12.1. The molecule has 0 saturated carbocycles. The largest absolute Gasteiger partial charge is 0.457 e. The Morgan fingerprint density at radius 3 is 2.23 bits per heavy atom. The molecule has 0 atom stereocenters. The lowest BCUT2D eigenvalue weighted by atomic mass is 10.1. The predicted octanol–water partition coefficient (Wildman–Crippen LogP) is 5.33. The number of esters is 1. The van der Waals surface area contributed by atoms with Gasteiger partial charge in [0.15, 0.2) is 0 Å². The molecule has 39 heavy (non-hydrogen) atoms. The van der Waals surface area contributed by atoms with E-state index in [1.54, 1.807) is 73.1 Å². The van der Waals surface area contributed by atoms with Gasteiger partial charge in [0, 0.05) is 28.7 Å². The first-order valence-electron chi connectivity index (χ1n) is 12.1. The van der Waals surface area contributed by atoms with Gasteiger partial charge in [0.1, 0.15) is 12.3 Å². The maximum absolute atomic E-state index is 12.9. The molecule has 2 amide bonds. The van der Waals surface area contributed by atoms with Crippen LogP contribution in [-0.4, -0.2) is 33.0 Å². The molecule has 9 nitrogen and oxygen atoms in total. The highest BCUT2D eigenvalue weighted by Gasteiger charge is 2.14. The van der Waals surface area contributed by atoms with Gasteiger partial charge in [-0.1, -0.05) is 48.5 Å². The van der Waals surface area contributed by atoms with Crippen LogP contribution in [0, 0.1) is 0 Å². The zero-order valence-electron chi connectivity index (χ0n) is 20.6. The quantitative estimate of drug-likeness (QED) is 0.239. The summed E-state index contributed by atoms with van der Waals surface area (Å²) in [6.45, 7) is 0.137. The summed E-state index contributed by atoms with van der Waals surface area (Å²) < 4.78 is 5.36. The van der Waals surface area contributed by atoms with E-state index < -0.39 is 17.8 Å². The first-order chi connectivity index (χ1) is 19.0. The topological polar surface area (TPSA) is 126 Å². The number of ether oxygens (including phenoxy) is 1. The van der Waals surface area contributed by atoms with E-state index in [0.717, 1.165) is 11.1 Å². The monoisotopic (exact) mass is 517 g/mol.